The molecule has 1 saturated heterocycles. The predicted octanol–water partition coefficient (Wildman–Crippen LogP) is 3.08. The smallest absolute Gasteiger partial charge is 0.256 e. The van der Waals surface area contributed by atoms with Crippen LogP contribution in [0.5, 0.6) is 0 Å². The van der Waals surface area contributed by atoms with Crippen LogP contribution >= 0.6 is 0 Å². The van der Waals surface area contributed by atoms with Crippen LogP contribution in [0, 0.1) is 5.92 Å². The molecule has 1 N–H and O–H groups in total. The van der Waals surface area contributed by atoms with Gasteiger partial charge in [-0.3, -0.25) is 19.5 Å². The number of aromatic amines is 1. The van der Waals surface area contributed by atoms with Gasteiger partial charge < -0.3 is 9.88 Å². The number of amides is 1. The molecule has 2 aromatic heterocycles. The van der Waals surface area contributed by atoms with Gasteiger partial charge in [-0.1, -0.05) is 6.92 Å². The van der Waals surface area contributed by atoms with E-state index in [0.717, 1.165) is 43.0 Å². The second-order valence-corrected chi connectivity index (χ2v) is 9.41. The predicted molar refractivity (Wildman–Crippen MR) is 118 cm³/mol. The van der Waals surface area contributed by atoms with Crippen LogP contribution in [-0.4, -0.2) is 49.8 Å². The first-order valence-corrected chi connectivity index (χ1v) is 11.7. The number of hydrogen-bond acceptors (Lipinski definition) is 5. The van der Waals surface area contributed by atoms with Crippen molar-refractivity contribution in [1.29, 1.82) is 0 Å². The molecule has 0 unspecified atom stereocenters. The highest BCUT2D eigenvalue weighted by atomic mass is 16.2. The largest absolute Gasteiger partial charge is 0.328 e. The zero-order valence-corrected chi connectivity index (χ0v) is 18.2. The highest BCUT2D eigenvalue weighted by Crippen LogP contribution is 2.33. The Bertz CT molecular complexity index is 997. The normalized spacial score (nSPS) is 26.6. The zero-order chi connectivity index (χ0) is 21.4. The Balaban J connectivity index is 1.36. The lowest BCUT2D eigenvalue weighted by Gasteiger charge is -2.38. The lowest BCUT2D eigenvalue weighted by atomic mass is 9.86. The summed E-state index contributed by atoms with van der Waals surface area (Å²) < 4.78 is 0. The number of fused-ring (bicyclic) bond motifs is 1. The molecular formula is C24H31N5O2. The Kier molecular flexibility index (Phi) is 5.61. The van der Waals surface area contributed by atoms with E-state index in [0.29, 0.717) is 30.5 Å². The number of hydrogen-bond donors (Lipinski definition) is 1. The highest BCUT2D eigenvalue weighted by Gasteiger charge is 2.34. The maximum Gasteiger partial charge on any atom is 0.256 e. The van der Waals surface area contributed by atoms with Gasteiger partial charge in [0.1, 0.15) is 5.82 Å². The maximum atomic E-state index is 13.0. The molecule has 7 heteroatoms. The standard InChI is InChI=1S/C24H31N5O2/c1-16-6-8-18(9-7-16)28-13-10-20-19(15-28)23(30)27-22(26-20)21-5-3-12-29(21)24(31)17-4-2-11-25-14-17/h2,4,11,14,16,18,21H,3,5-10,12-13,15H2,1H3,(H,26,27,30)/t16?,18?,21-/m1/s1. The second-order valence-electron chi connectivity index (χ2n) is 9.41. The summed E-state index contributed by atoms with van der Waals surface area (Å²) in [6, 6.07) is 3.97. The fourth-order valence-electron chi connectivity index (χ4n) is 5.49. The van der Waals surface area contributed by atoms with Gasteiger partial charge in [-0.2, -0.15) is 0 Å². The third-order valence-corrected chi connectivity index (χ3v) is 7.36. The molecule has 0 bridgehead atoms. The topological polar surface area (TPSA) is 82.2 Å². The van der Waals surface area contributed by atoms with Gasteiger partial charge in [0.05, 0.1) is 22.9 Å². The molecule has 1 amide bonds. The van der Waals surface area contributed by atoms with Crippen LogP contribution < -0.4 is 5.56 Å². The van der Waals surface area contributed by atoms with Crippen molar-refractivity contribution in [2.24, 2.45) is 5.92 Å². The third kappa shape index (κ3) is 4.03. The van der Waals surface area contributed by atoms with E-state index in [2.05, 4.69) is 21.8 Å². The summed E-state index contributed by atoms with van der Waals surface area (Å²) in [5.41, 5.74) is 2.28. The number of rotatable bonds is 3. The summed E-state index contributed by atoms with van der Waals surface area (Å²) in [7, 11) is 0. The van der Waals surface area contributed by atoms with E-state index >= 15 is 0 Å². The molecule has 31 heavy (non-hydrogen) atoms. The quantitative estimate of drug-likeness (QED) is 0.824. The molecule has 1 aliphatic carbocycles. The lowest BCUT2D eigenvalue weighted by molar-refractivity contribution is 0.0728. The van der Waals surface area contributed by atoms with Gasteiger partial charge in [-0.15, -0.1) is 0 Å². The third-order valence-electron chi connectivity index (χ3n) is 7.36. The molecule has 0 radical (unpaired) electrons. The van der Waals surface area contributed by atoms with Crippen molar-refractivity contribution in [3.8, 4) is 0 Å². The van der Waals surface area contributed by atoms with Crippen LogP contribution in [-0.2, 0) is 13.0 Å². The van der Waals surface area contributed by atoms with Gasteiger partial charge in [-0.25, -0.2) is 4.98 Å². The fraction of sp³-hybridized carbons (Fsp3) is 0.583. The summed E-state index contributed by atoms with van der Waals surface area (Å²) in [6.07, 6.45) is 10.8. The van der Waals surface area contributed by atoms with Gasteiger partial charge in [0, 0.05) is 44.5 Å². The fourth-order valence-corrected chi connectivity index (χ4v) is 5.49. The molecule has 0 spiro atoms. The Hall–Kier alpha value is -2.54. The summed E-state index contributed by atoms with van der Waals surface area (Å²) in [5, 5.41) is 0. The van der Waals surface area contributed by atoms with Crippen LogP contribution in [0.25, 0.3) is 0 Å². The molecule has 1 atom stereocenters. The summed E-state index contributed by atoms with van der Waals surface area (Å²) in [6.45, 7) is 4.67. The van der Waals surface area contributed by atoms with Crippen molar-refractivity contribution < 1.29 is 4.79 Å². The lowest BCUT2D eigenvalue weighted by Crippen LogP contribution is -2.44. The molecule has 3 aliphatic rings. The number of nitrogens with one attached hydrogen (secondary N) is 1. The summed E-state index contributed by atoms with van der Waals surface area (Å²) >= 11 is 0. The van der Waals surface area contributed by atoms with Crippen molar-refractivity contribution in [1.82, 2.24) is 24.8 Å². The Morgan fingerprint density at radius 3 is 2.77 bits per heavy atom. The average Bonchev–Trinajstić information content (AvgIpc) is 3.29. The number of likely N-dealkylation sites (tertiary alicyclic amines) is 1. The molecule has 5 rings (SSSR count). The minimum Gasteiger partial charge on any atom is -0.328 e. The van der Waals surface area contributed by atoms with Crippen LogP contribution in [0.2, 0.25) is 0 Å². The van der Waals surface area contributed by atoms with E-state index in [1.807, 2.05) is 4.90 Å². The molecule has 1 saturated carbocycles. The SMILES string of the molecule is CC1CCC(N2CCc3nc([C@H]4CCCN4C(=O)c4cccnc4)[nH]c(=O)c3C2)CC1. The van der Waals surface area contributed by atoms with Crippen LogP contribution in [0.3, 0.4) is 0 Å². The van der Waals surface area contributed by atoms with Gasteiger partial charge in [0.15, 0.2) is 0 Å². The van der Waals surface area contributed by atoms with Crippen LogP contribution in [0.15, 0.2) is 29.3 Å². The molecule has 2 fully saturated rings. The van der Waals surface area contributed by atoms with E-state index in [4.69, 9.17) is 4.98 Å². The van der Waals surface area contributed by atoms with Crippen molar-refractivity contribution in [2.45, 2.75) is 70.5 Å². The number of aromatic nitrogens is 3. The van der Waals surface area contributed by atoms with E-state index in [-0.39, 0.29) is 17.5 Å². The Labute approximate surface area is 182 Å². The number of carbonyl (C=O) groups excluding carboxylic acids is 1. The molecular weight excluding hydrogens is 390 g/mol. The summed E-state index contributed by atoms with van der Waals surface area (Å²) in [4.78, 5) is 42.4. The van der Waals surface area contributed by atoms with E-state index in [1.165, 1.54) is 25.7 Å². The molecule has 164 valence electrons. The van der Waals surface area contributed by atoms with Crippen LogP contribution in [0.4, 0.5) is 0 Å². The van der Waals surface area contributed by atoms with Crippen molar-refractivity contribution in [3.05, 3.63) is 57.5 Å². The molecule has 2 aromatic rings. The number of nitrogens with zero attached hydrogens (tertiary/aromatic N) is 4. The van der Waals surface area contributed by atoms with E-state index in [9.17, 15) is 9.59 Å². The Morgan fingerprint density at radius 2 is 2.00 bits per heavy atom. The molecule has 7 nitrogen and oxygen atoms in total. The monoisotopic (exact) mass is 421 g/mol. The number of pyridine rings is 1. The zero-order valence-electron chi connectivity index (χ0n) is 18.2. The van der Waals surface area contributed by atoms with Crippen molar-refractivity contribution >= 4 is 5.91 Å². The van der Waals surface area contributed by atoms with Crippen molar-refractivity contribution in [3.63, 3.8) is 0 Å². The van der Waals surface area contributed by atoms with E-state index < -0.39 is 0 Å². The van der Waals surface area contributed by atoms with Gasteiger partial charge >= 0.3 is 0 Å². The molecule has 4 heterocycles. The highest BCUT2D eigenvalue weighted by molar-refractivity contribution is 5.94. The maximum absolute atomic E-state index is 13.0. The first-order valence-electron chi connectivity index (χ1n) is 11.7. The second kappa shape index (κ2) is 8.54. The molecule has 2 aliphatic heterocycles. The van der Waals surface area contributed by atoms with Gasteiger partial charge in [-0.05, 0) is 56.6 Å². The van der Waals surface area contributed by atoms with Crippen molar-refractivity contribution in [2.75, 3.05) is 13.1 Å². The summed E-state index contributed by atoms with van der Waals surface area (Å²) in [5.74, 6) is 1.41. The van der Waals surface area contributed by atoms with Gasteiger partial charge in [0.25, 0.3) is 11.5 Å². The molecule has 0 aromatic carbocycles. The van der Waals surface area contributed by atoms with Crippen LogP contribution in [0.1, 0.15) is 78.9 Å². The number of H-pyrrole nitrogens is 1. The minimum atomic E-state index is -0.177. The first-order chi connectivity index (χ1) is 15.1. The number of carbonyl (C=O) groups is 1. The minimum absolute atomic E-state index is 0.0328. The Morgan fingerprint density at radius 1 is 1.16 bits per heavy atom. The van der Waals surface area contributed by atoms with Gasteiger partial charge in [0.2, 0.25) is 0 Å². The average molecular weight is 422 g/mol. The first kappa shape index (κ1) is 20.4. The van der Waals surface area contributed by atoms with E-state index in [1.54, 1.807) is 24.5 Å².